The first kappa shape index (κ1) is 12.0. The van der Waals surface area contributed by atoms with Crippen LogP contribution in [0.4, 0.5) is 5.13 Å². The second-order valence-corrected chi connectivity index (χ2v) is 6.61. The second kappa shape index (κ2) is 4.23. The van der Waals surface area contributed by atoms with Crippen molar-refractivity contribution in [3.05, 3.63) is 10.6 Å². The Morgan fingerprint density at radius 3 is 2.67 bits per heavy atom. The average molecular weight is 266 g/mol. The number of nitrogens with zero attached hydrogens (tertiary/aromatic N) is 2. The van der Waals surface area contributed by atoms with Crippen molar-refractivity contribution in [3.8, 4) is 0 Å². The van der Waals surface area contributed by atoms with Gasteiger partial charge in [-0.25, -0.2) is 9.78 Å². The summed E-state index contributed by atoms with van der Waals surface area (Å²) >= 11 is 1.35. The van der Waals surface area contributed by atoms with Crippen LogP contribution in [0, 0.1) is 5.92 Å². The number of aromatic carboxylic acids is 1. The first-order valence-electron chi connectivity index (χ1n) is 6.57. The van der Waals surface area contributed by atoms with Gasteiger partial charge in [0.15, 0.2) is 5.13 Å². The lowest BCUT2D eigenvalue weighted by Crippen LogP contribution is -2.26. The van der Waals surface area contributed by atoms with E-state index in [0.29, 0.717) is 22.8 Å². The summed E-state index contributed by atoms with van der Waals surface area (Å²) in [5.41, 5.74) is 0.828. The van der Waals surface area contributed by atoms with E-state index >= 15 is 0 Å². The first-order valence-corrected chi connectivity index (χ1v) is 7.38. The molecular weight excluding hydrogens is 248 g/mol. The molecule has 0 radical (unpaired) electrons. The van der Waals surface area contributed by atoms with E-state index < -0.39 is 5.97 Å². The summed E-state index contributed by atoms with van der Waals surface area (Å²) in [6.07, 6.45) is 3.35. The molecule has 2 atom stereocenters. The van der Waals surface area contributed by atoms with Crippen molar-refractivity contribution in [1.29, 1.82) is 0 Å². The third-order valence-electron chi connectivity index (χ3n) is 3.83. The van der Waals surface area contributed by atoms with E-state index in [1.165, 1.54) is 17.8 Å². The number of aromatic nitrogens is 1. The molecule has 2 heterocycles. The van der Waals surface area contributed by atoms with Crippen LogP contribution in [0.2, 0.25) is 0 Å². The van der Waals surface area contributed by atoms with Crippen LogP contribution in [0.15, 0.2) is 0 Å². The van der Waals surface area contributed by atoms with Crippen molar-refractivity contribution < 1.29 is 9.90 Å². The van der Waals surface area contributed by atoms with Crippen molar-refractivity contribution in [3.63, 3.8) is 0 Å². The van der Waals surface area contributed by atoms with Crippen molar-refractivity contribution in [2.75, 3.05) is 11.4 Å². The van der Waals surface area contributed by atoms with Gasteiger partial charge in [-0.05, 0) is 32.1 Å². The average Bonchev–Trinajstić information content (AvgIpc) is 2.95. The normalized spacial score (nSPS) is 27.8. The fourth-order valence-corrected chi connectivity index (χ4v) is 3.90. The highest BCUT2D eigenvalue weighted by molar-refractivity contribution is 7.17. The summed E-state index contributed by atoms with van der Waals surface area (Å²) < 4.78 is 0. The van der Waals surface area contributed by atoms with Gasteiger partial charge in [0.25, 0.3) is 0 Å². The Bertz CT molecular complexity index is 481. The smallest absolute Gasteiger partial charge is 0.347 e. The molecule has 2 fully saturated rings. The molecule has 2 aliphatic rings. The molecule has 3 rings (SSSR count). The number of carboxylic acids is 1. The second-order valence-electron chi connectivity index (χ2n) is 5.63. The van der Waals surface area contributed by atoms with Gasteiger partial charge in [-0.15, -0.1) is 0 Å². The summed E-state index contributed by atoms with van der Waals surface area (Å²) in [4.78, 5) is 18.6. The van der Waals surface area contributed by atoms with E-state index in [4.69, 9.17) is 0 Å². The van der Waals surface area contributed by atoms with Crippen LogP contribution in [-0.4, -0.2) is 28.6 Å². The zero-order valence-electron chi connectivity index (χ0n) is 10.7. The van der Waals surface area contributed by atoms with Gasteiger partial charge in [-0.2, -0.15) is 0 Å². The lowest BCUT2D eigenvalue weighted by molar-refractivity contribution is 0.0700. The number of anilines is 1. The highest BCUT2D eigenvalue weighted by Crippen LogP contribution is 2.45. The van der Waals surface area contributed by atoms with Crippen molar-refractivity contribution in [1.82, 2.24) is 4.98 Å². The van der Waals surface area contributed by atoms with Gasteiger partial charge in [0.1, 0.15) is 4.88 Å². The Labute approximate surface area is 111 Å². The molecule has 1 saturated carbocycles. The standard InChI is InChI=1S/C13H18N2O2S/c1-7-5-8(2)15(6-7)13-14-10(9-3-4-9)11(18-13)12(16)17/h7-9H,3-6H2,1-2H3,(H,16,17). The van der Waals surface area contributed by atoms with Gasteiger partial charge in [0, 0.05) is 18.5 Å². The van der Waals surface area contributed by atoms with E-state index in [1.54, 1.807) is 0 Å². The predicted octanol–water partition coefficient (Wildman–Crippen LogP) is 2.95. The first-order chi connectivity index (χ1) is 8.56. The summed E-state index contributed by atoms with van der Waals surface area (Å²) in [5.74, 6) is 0.249. The van der Waals surface area contributed by atoms with Gasteiger partial charge >= 0.3 is 5.97 Å². The van der Waals surface area contributed by atoms with Gasteiger partial charge < -0.3 is 10.0 Å². The largest absolute Gasteiger partial charge is 0.477 e. The molecule has 1 aliphatic carbocycles. The van der Waals surface area contributed by atoms with Crippen LogP contribution in [0.1, 0.15) is 54.4 Å². The number of hydrogen-bond donors (Lipinski definition) is 1. The van der Waals surface area contributed by atoms with E-state index in [9.17, 15) is 9.90 Å². The highest BCUT2D eigenvalue weighted by atomic mass is 32.1. The van der Waals surface area contributed by atoms with Crippen LogP contribution in [0.5, 0.6) is 0 Å². The summed E-state index contributed by atoms with van der Waals surface area (Å²) in [5, 5.41) is 10.2. The SMILES string of the molecule is CC1CC(C)N(c2nc(C3CC3)c(C(=O)O)s2)C1. The van der Waals surface area contributed by atoms with Crippen LogP contribution in [-0.2, 0) is 0 Å². The van der Waals surface area contributed by atoms with E-state index in [0.717, 1.165) is 30.2 Å². The molecule has 1 aromatic heterocycles. The number of thiazole rings is 1. The van der Waals surface area contributed by atoms with Crippen molar-refractivity contribution in [2.24, 2.45) is 5.92 Å². The Kier molecular flexibility index (Phi) is 2.81. The molecule has 4 nitrogen and oxygen atoms in total. The lowest BCUT2D eigenvalue weighted by Gasteiger charge is -2.19. The maximum absolute atomic E-state index is 11.3. The lowest BCUT2D eigenvalue weighted by atomic mass is 10.1. The van der Waals surface area contributed by atoms with Gasteiger partial charge in [-0.1, -0.05) is 18.3 Å². The van der Waals surface area contributed by atoms with Gasteiger partial charge in [0.2, 0.25) is 0 Å². The topological polar surface area (TPSA) is 53.4 Å². The molecule has 1 saturated heterocycles. The maximum Gasteiger partial charge on any atom is 0.347 e. The number of rotatable bonds is 3. The third kappa shape index (κ3) is 2.00. The molecular formula is C13H18N2O2S. The predicted molar refractivity (Wildman–Crippen MR) is 71.6 cm³/mol. The van der Waals surface area contributed by atoms with E-state index in [1.807, 2.05) is 0 Å². The molecule has 1 aromatic rings. The molecule has 18 heavy (non-hydrogen) atoms. The Morgan fingerprint density at radius 2 is 2.17 bits per heavy atom. The van der Waals surface area contributed by atoms with Crippen molar-refractivity contribution in [2.45, 2.75) is 45.1 Å². The zero-order valence-corrected chi connectivity index (χ0v) is 11.5. The Morgan fingerprint density at radius 1 is 1.44 bits per heavy atom. The summed E-state index contributed by atoms with van der Waals surface area (Å²) in [6, 6.07) is 0.472. The fraction of sp³-hybridized carbons (Fsp3) is 0.692. The van der Waals surface area contributed by atoms with Crippen LogP contribution in [0.3, 0.4) is 0 Å². The molecule has 5 heteroatoms. The molecule has 98 valence electrons. The van der Waals surface area contributed by atoms with Crippen LogP contribution >= 0.6 is 11.3 Å². The summed E-state index contributed by atoms with van der Waals surface area (Å²) in [6.45, 7) is 5.43. The summed E-state index contributed by atoms with van der Waals surface area (Å²) in [7, 11) is 0. The molecule has 0 aromatic carbocycles. The zero-order chi connectivity index (χ0) is 12.9. The minimum Gasteiger partial charge on any atom is -0.477 e. The van der Waals surface area contributed by atoms with Crippen molar-refractivity contribution >= 4 is 22.4 Å². The van der Waals surface area contributed by atoms with E-state index in [-0.39, 0.29) is 0 Å². The Hall–Kier alpha value is -1.10. The number of carbonyl (C=O) groups is 1. The molecule has 1 N–H and O–H groups in total. The third-order valence-corrected chi connectivity index (χ3v) is 4.93. The van der Waals surface area contributed by atoms with Gasteiger partial charge in [-0.3, -0.25) is 0 Å². The van der Waals surface area contributed by atoms with Crippen LogP contribution in [0.25, 0.3) is 0 Å². The minimum absolute atomic E-state index is 0.399. The highest BCUT2D eigenvalue weighted by Gasteiger charge is 2.35. The number of hydrogen-bond acceptors (Lipinski definition) is 4. The molecule has 1 aliphatic heterocycles. The fourth-order valence-electron chi connectivity index (χ4n) is 2.80. The van der Waals surface area contributed by atoms with E-state index in [2.05, 4.69) is 23.7 Å². The Balaban J connectivity index is 1.93. The molecule has 0 spiro atoms. The monoisotopic (exact) mass is 266 g/mol. The quantitative estimate of drug-likeness (QED) is 0.914. The molecule has 2 unspecified atom stereocenters. The maximum atomic E-state index is 11.3. The number of carboxylic acid groups (broad SMARTS) is 1. The molecule has 0 amide bonds. The minimum atomic E-state index is -0.819. The van der Waals surface area contributed by atoms with Gasteiger partial charge in [0.05, 0.1) is 5.69 Å². The molecule has 0 bridgehead atoms. The van der Waals surface area contributed by atoms with Crippen LogP contribution < -0.4 is 4.90 Å².